The van der Waals surface area contributed by atoms with Crippen molar-refractivity contribution < 1.29 is 9.90 Å². The number of aliphatic hydroxyl groups is 1. The van der Waals surface area contributed by atoms with Crippen molar-refractivity contribution in [2.24, 2.45) is 0 Å². The molecule has 0 aromatic heterocycles. The highest BCUT2D eigenvalue weighted by Gasteiger charge is 2.33. The van der Waals surface area contributed by atoms with Crippen molar-refractivity contribution in [3.63, 3.8) is 0 Å². The van der Waals surface area contributed by atoms with Crippen LogP contribution < -0.4 is 11.1 Å². The van der Waals surface area contributed by atoms with E-state index in [9.17, 15) is 9.90 Å². The fourth-order valence-corrected chi connectivity index (χ4v) is 2.80. The minimum Gasteiger partial charge on any atom is -0.399 e. The molecular weight excluding hydrogens is 240 g/mol. The molecule has 1 aromatic carbocycles. The molecule has 0 saturated heterocycles. The maximum atomic E-state index is 12.3. The lowest BCUT2D eigenvalue weighted by molar-refractivity contribution is 0.0758. The summed E-state index contributed by atoms with van der Waals surface area (Å²) in [4.78, 5) is 12.3. The Hall–Kier alpha value is -1.55. The number of carbonyl (C=O) groups excluding carboxylic acids is 1. The van der Waals surface area contributed by atoms with Gasteiger partial charge in [-0.1, -0.05) is 19.3 Å². The van der Waals surface area contributed by atoms with Crippen LogP contribution in [0.15, 0.2) is 18.2 Å². The number of anilines is 1. The molecule has 1 aliphatic rings. The maximum absolute atomic E-state index is 12.3. The van der Waals surface area contributed by atoms with Gasteiger partial charge in [-0.05, 0) is 43.5 Å². The normalized spacial score (nSPS) is 18.0. The lowest BCUT2D eigenvalue weighted by atomic mass is 9.82. The van der Waals surface area contributed by atoms with Gasteiger partial charge in [-0.3, -0.25) is 4.79 Å². The van der Waals surface area contributed by atoms with E-state index < -0.39 is 5.54 Å². The van der Waals surface area contributed by atoms with Crippen molar-refractivity contribution in [3.05, 3.63) is 29.3 Å². The second-order valence-corrected chi connectivity index (χ2v) is 5.53. The Balaban J connectivity index is 2.15. The van der Waals surface area contributed by atoms with Gasteiger partial charge in [0.25, 0.3) is 5.91 Å². The van der Waals surface area contributed by atoms with E-state index in [-0.39, 0.29) is 12.5 Å². The van der Waals surface area contributed by atoms with Crippen LogP contribution in [0.4, 0.5) is 5.69 Å². The number of hydrogen-bond donors (Lipinski definition) is 3. The second kappa shape index (κ2) is 5.61. The minimum atomic E-state index is -0.441. The van der Waals surface area contributed by atoms with Crippen LogP contribution in [0.5, 0.6) is 0 Å². The summed E-state index contributed by atoms with van der Waals surface area (Å²) in [5.74, 6) is -0.117. The smallest absolute Gasteiger partial charge is 0.252 e. The maximum Gasteiger partial charge on any atom is 0.252 e. The summed E-state index contributed by atoms with van der Waals surface area (Å²) in [5, 5.41) is 12.6. The predicted octanol–water partition coefficient (Wildman–Crippen LogP) is 2.00. The fraction of sp³-hybridized carbons (Fsp3) is 0.533. The second-order valence-electron chi connectivity index (χ2n) is 5.53. The summed E-state index contributed by atoms with van der Waals surface area (Å²) >= 11 is 0. The third kappa shape index (κ3) is 3.07. The highest BCUT2D eigenvalue weighted by molar-refractivity contribution is 5.96. The first-order chi connectivity index (χ1) is 9.06. The molecule has 0 radical (unpaired) electrons. The van der Waals surface area contributed by atoms with Gasteiger partial charge >= 0.3 is 0 Å². The van der Waals surface area contributed by atoms with Crippen LogP contribution in [0.25, 0.3) is 0 Å². The van der Waals surface area contributed by atoms with Gasteiger partial charge in [-0.2, -0.15) is 0 Å². The number of nitrogen functional groups attached to an aromatic ring is 1. The summed E-state index contributed by atoms with van der Waals surface area (Å²) in [7, 11) is 0. The van der Waals surface area contributed by atoms with Crippen LogP contribution in [0.1, 0.15) is 48.0 Å². The van der Waals surface area contributed by atoms with Gasteiger partial charge in [-0.25, -0.2) is 0 Å². The zero-order valence-electron chi connectivity index (χ0n) is 11.4. The number of amides is 1. The summed E-state index contributed by atoms with van der Waals surface area (Å²) in [6.07, 6.45) is 4.99. The summed E-state index contributed by atoms with van der Waals surface area (Å²) in [5.41, 5.74) is 7.40. The number of benzene rings is 1. The molecule has 2 rings (SSSR count). The van der Waals surface area contributed by atoms with E-state index in [2.05, 4.69) is 5.32 Å². The van der Waals surface area contributed by atoms with Crippen LogP contribution in [0.2, 0.25) is 0 Å². The molecule has 1 aliphatic carbocycles. The van der Waals surface area contributed by atoms with Gasteiger partial charge in [0.05, 0.1) is 12.1 Å². The van der Waals surface area contributed by atoms with E-state index in [1.807, 2.05) is 6.92 Å². The Morgan fingerprint density at radius 2 is 2.05 bits per heavy atom. The summed E-state index contributed by atoms with van der Waals surface area (Å²) in [6.45, 7) is 1.88. The first-order valence-corrected chi connectivity index (χ1v) is 6.86. The Bertz CT molecular complexity index is 465. The molecule has 0 spiro atoms. The van der Waals surface area contributed by atoms with Crippen molar-refractivity contribution in [2.75, 3.05) is 12.3 Å². The molecule has 1 fully saturated rings. The SMILES string of the molecule is Cc1cc(N)ccc1C(=O)NC1(CO)CCCCC1. The van der Waals surface area contributed by atoms with E-state index in [0.29, 0.717) is 11.3 Å². The third-order valence-electron chi connectivity index (χ3n) is 3.99. The fourth-order valence-electron chi connectivity index (χ4n) is 2.80. The van der Waals surface area contributed by atoms with E-state index >= 15 is 0 Å². The zero-order valence-corrected chi connectivity index (χ0v) is 11.4. The molecule has 4 heteroatoms. The van der Waals surface area contributed by atoms with Crippen LogP contribution >= 0.6 is 0 Å². The van der Waals surface area contributed by atoms with Crippen molar-refractivity contribution in [1.29, 1.82) is 0 Å². The number of rotatable bonds is 3. The molecule has 0 aliphatic heterocycles. The summed E-state index contributed by atoms with van der Waals surface area (Å²) < 4.78 is 0. The Labute approximate surface area is 114 Å². The molecule has 19 heavy (non-hydrogen) atoms. The van der Waals surface area contributed by atoms with Gasteiger partial charge in [0.15, 0.2) is 0 Å². The molecule has 0 unspecified atom stereocenters. The van der Waals surface area contributed by atoms with Gasteiger partial charge < -0.3 is 16.2 Å². The molecule has 0 bridgehead atoms. The van der Waals surface area contributed by atoms with Gasteiger partial charge in [-0.15, -0.1) is 0 Å². The van der Waals surface area contributed by atoms with Crippen LogP contribution in [0, 0.1) is 6.92 Å². The first-order valence-electron chi connectivity index (χ1n) is 6.86. The van der Waals surface area contributed by atoms with Gasteiger partial charge in [0.2, 0.25) is 0 Å². The molecule has 4 nitrogen and oxygen atoms in total. The topological polar surface area (TPSA) is 75.4 Å². The summed E-state index contributed by atoms with van der Waals surface area (Å²) in [6, 6.07) is 5.27. The Morgan fingerprint density at radius 3 is 2.63 bits per heavy atom. The lowest BCUT2D eigenvalue weighted by Crippen LogP contribution is -2.52. The standard InChI is InChI=1S/C15H22N2O2/c1-11-9-12(16)5-6-13(11)14(19)17-15(10-18)7-3-2-4-8-15/h5-6,9,18H,2-4,7-8,10,16H2,1H3,(H,17,19). The highest BCUT2D eigenvalue weighted by Crippen LogP contribution is 2.28. The minimum absolute atomic E-state index is 0.00671. The zero-order chi connectivity index (χ0) is 13.9. The Kier molecular flexibility index (Phi) is 4.10. The number of aryl methyl sites for hydroxylation is 1. The molecule has 0 atom stereocenters. The molecule has 4 N–H and O–H groups in total. The van der Waals surface area contributed by atoms with Crippen LogP contribution in [-0.4, -0.2) is 23.2 Å². The average molecular weight is 262 g/mol. The van der Waals surface area contributed by atoms with Gasteiger partial charge in [0.1, 0.15) is 0 Å². The van der Waals surface area contributed by atoms with Crippen LogP contribution in [-0.2, 0) is 0 Å². The van der Waals surface area contributed by atoms with Crippen molar-refractivity contribution >= 4 is 11.6 Å². The molecule has 0 heterocycles. The molecule has 104 valence electrons. The van der Waals surface area contributed by atoms with Crippen molar-refractivity contribution in [3.8, 4) is 0 Å². The molecular formula is C15H22N2O2. The quantitative estimate of drug-likeness (QED) is 0.729. The van der Waals surface area contributed by atoms with E-state index in [0.717, 1.165) is 31.2 Å². The molecule has 1 saturated carbocycles. The number of carbonyl (C=O) groups is 1. The number of nitrogens with one attached hydrogen (secondary N) is 1. The first kappa shape index (κ1) is 13.9. The highest BCUT2D eigenvalue weighted by atomic mass is 16.3. The monoisotopic (exact) mass is 262 g/mol. The third-order valence-corrected chi connectivity index (χ3v) is 3.99. The van der Waals surface area contributed by atoms with Gasteiger partial charge in [0, 0.05) is 11.3 Å². The number of nitrogens with two attached hydrogens (primary N) is 1. The van der Waals surface area contributed by atoms with Crippen molar-refractivity contribution in [2.45, 2.75) is 44.6 Å². The van der Waals surface area contributed by atoms with E-state index in [4.69, 9.17) is 5.73 Å². The van der Waals surface area contributed by atoms with E-state index in [1.165, 1.54) is 6.42 Å². The predicted molar refractivity (Wildman–Crippen MR) is 76.0 cm³/mol. The van der Waals surface area contributed by atoms with E-state index in [1.54, 1.807) is 18.2 Å². The van der Waals surface area contributed by atoms with Crippen molar-refractivity contribution in [1.82, 2.24) is 5.32 Å². The average Bonchev–Trinajstić information content (AvgIpc) is 2.39. The molecule has 1 amide bonds. The lowest BCUT2D eigenvalue weighted by Gasteiger charge is -2.36. The number of aliphatic hydroxyl groups excluding tert-OH is 1. The number of hydrogen-bond acceptors (Lipinski definition) is 3. The van der Waals surface area contributed by atoms with Crippen LogP contribution in [0.3, 0.4) is 0 Å². The Morgan fingerprint density at radius 1 is 1.37 bits per heavy atom. The largest absolute Gasteiger partial charge is 0.399 e. The molecule has 1 aromatic rings.